The summed E-state index contributed by atoms with van der Waals surface area (Å²) in [4.78, 5) is 37.2. The number of hydrogen-bond acceptors (Lipinski definition) is 7. The maximum atomic E-state index is 13.0. The zero-order valence-electron chi connectivity index (χ0n) is 39.6. The second-order valence-electron chi connectivity index (χ2n) is 20.4. The molecule has 0 aromatic heterocycles. The van der Waals surface area contributed by atoms with Crippen LogP contribution in [0.3, 0.4) is 0 Å². The zero-order valence-corrected chi connectivity index (χ0v) is 41.6. The number of rotatable bonds is 12. The number of esters is 2. The summed E-state index contributed by atoms with van der Waals surface area (Å²) in [5, 5.41) is 7.70. The number of amides is 1. The highest BCUT2D eigenvalue weighted by Gasteiger charge is 2.53. The highest BCUT2D eigenvalue weighted by atomic mass is 28.4. The molecule has 4 atom stereocenters. The van der Waals surface area contributed by atoms with E-state index in [2.05, 4.69) is 156 Å². The Morgan fingerprint density at radius 1 is 0.540 bits per heavy atom. The van der Waals surface area contributed by atoms with Crippen LogP contribution < -0.4 is 26.1 Å². The van der Waals surface area contributed by atoms with Crippen molar-refractivity contribution in [3.63, 3.8) is 0 Å². The maximum Gasteiger partial charge on any atom is 0.325 e. The first-order valence-electron chi connectivity index (χ1n) is 23.0. The molecule has 340 valence electrons. The van der Waals surface area contributed by atoms with Crippen molar-refractivity contribution in [3.8, 4) is 0 Å². The zero-order chi connectivity index (χ0) is 45.9. The third-order valence-electron chi connectivity index (χ3n) is 12.5. The van der Waals surface area contributed by atoms with E-state index in [0.717, 1.165) is 44.9 Å². The average molecular weight is 892 g/mol. The summed E-state index contributed by atoms with van der Waals surface area (Å²) in [5.41, 5.74) is -0.568. The summed E-state index contributed by atoms with van der Waals surface area (Å²) in [6.07, 6.45) is 7.01. The molecule has 2 aliphatic rings. The molecule has 8 nitrogen and oxygen atoms in total. The van der Waals surface area contributed by atoms with Gasteiger partial charge in [0.15, 0.2) is 0 Å². The number of ether oxygens (including phenoxy) is 2. The SMILES string of the molecule is CC(C)(C)OC(=O)CNC(=O)C1CCCC(O[Si](c2ccccc2)(c2ccccc2)C(C)(C)C)C1.COC(=O)C1CCCC(O[Si](c2ccccc2)(c2ccccc2)C(C)(C)C)C1. The van der Waals surface area contributed by atoms with Gasteiger partial charge in [-0.1, -0.05) is 176 Å². The van der Waals surface area contributed by atoms with E-state index in [1.54, 1.807) is 0 Å². The van der Waals surface area contributed by atoms with Gasteiger partial charge in [-0.3, -0.25) is 14.4 Å². The molecule has 1 amide bonds. The van der Waals surface area contributed by atoms with Crippen LogP contribution in [0.4, 0.5) is 0 Å². The number of nitrogens with one attached hydrogen (secondary N) is 1. The molecule has 0 spiro atoms. The van der Waals surface area contributed by atoms with Gasteiger partial charge in [0.05, 0.1) is 13.0 Å². The fourth-order valence-corrected chi connectivity index (χ4v) is 19.1. The standard InChI is InChI=1S/C29H41NO4Si.C24H32O3Si/c1-28(2,3)33-26(31)21-30-27(32)22-14-13-15-23(20-22)34-35(29(4,5)6,24-16-9-7-10-17-24)25-18-11-8-12-19-25;1-24(2,3)28(21-14-7-5-8-15-21,22-16-9-6-10-17-22)27-20-13-11-12-19(18-20)23(25)26-4/h7-12,16-19,22-23H,13-15,20-21H2,1-6H3,(H,30,32);5-10,14-17,19-20H,11-13,18H2,1-4H3. The predicted octanol–water partition coefficient (Wildman–Crippen LogP) is 8.87. The van der Waals surface area contributed by atoms with Crippen LogP contribution in [0.1, 0.15) is 114 Å². The molecular formula is C53H73NO7Si2. The van der Waals surface area contributed by atoms with Crippen LogP contribution in [0.25, 0.3) is 0 Å². The van der Waals surface area contributed by atoms with Gasteiger partial charge in [-0.15, -0.1) is 0 Å². The van der Waals surface area contributed by atoms with E-state index >= 15 is 0 Å². The minimum absolute atomic E-state index is 0.0210. The van der Waals surface area contributed by atoms with E-state index in [9.17, 15) is 14.4 Å². The van der Waals surface area contributed by atoms with Crippen molar-refractivity contribution in [3.05, 3.63) is 121 Å². The van der Waals surface area contributed by atoms with E-state index in [4.69, 9.17) is 18.3 Å². The number of carbonyl (C=O) groups excluding carboxylic acids is 3. The van der Waals surface area contributed by atoms with Crippen molar-refractivity contribution in [2.45, 2.75) is 142 Å². The highest BCUT2D eigenvalue weighted by molar-refractivity contribution is 7.00. The topological polar surface area (TPSA) is 100 Å². The lowest BCUT2D eigenvalue weighted by Crippen LogP contribution is -2.68. The van der Waals surface area contributed by atoms with Crippen LogP contribution in [0, 0.1) is 11.8 Å². The van der Waals surface area contributed by atoms with Crippen LogP contribution in [0.15, 0.2) is 121 Å². The maximum absolute atomic E-state index is 13.0. The monoisotopic (exact) mass is 891 g/mol. The molecule has 2 aliphatic carbocycles. The third kappa shape index (κ3) is 12.5. The molecule has 10 heteroatoms. The van der Waals surface area contributed by atoms with Gasteiger partial charge < -0.3 is 23.6 Å². The second-order valence-corrected chi connectivity index (χ2v) is 28.9. The lowest BCUT2D eigenvalue weighted by Gasteiger charge is -2.46. The van der Waals surface area contributed by atoms with Crippen LogP contribution in [-0.2, 0) is 32.7 Å². The first kappa shape index (κ1) is 49.7. The molecule has 0 aliphatic heterocycles. The number of hydrogen-bond donors (Lipinski definition) is 1. The van der Waals surface area contributed by atoms with Crippen molar-refractivity contribution in [2.75, 3.05) is 13.7 Å². The lowest BCUT2D eigenvalue weighted by molar-refractivity contribution is -0.154. The summed E-state index contributed by atoms with van der Waals surface area (Å²) in [7, 11) is -3.75. The largest absolute Gasteiger partial charge is 0.469 e. The van der Waals surface area contributed by atoms with E-state index in [0.29, 0.717) is 6.42 Å². The Kier molecular flexibility index (Phi) is 17.0. The van der Waals surface area contributed by atoms with Crippen molar-refractivity contribution in [2.24, 2.45) is 11.8 Å². The molecule has 0 saturated heterocycles. The molecule has 0 bridgehead atoms. The molecule has 1 N–H and O–H groups in total. The van der Waals surface area contributed by atoms with Gasteiger partial charge in [0.25, 0.3) is 16.6 Å². The van der Waals surface area contributed by atoms with E-state index in [1.807, 2.05) is 32.9 Å². The Morgan fingerprint density at radius 3 is 1.22 bits per heavy atom. The summed E-state index contributed by atoms with van der Waals surface area (Å²) in [6, 6.07) is 42.6. The summed E-state index contributed by atoms with van der Waals surface area (Å²) >= 11 is 0. The lowest BCUT2D eigenvalue weighted by atomic mass is 9.87. The summed E-state index contributed by atoms with van der Waals surface area (Å²) in [5.74, 6) is -0.833. The van der Waals surface area contributed by atoms with Crippen molar-refractivity contribution in [1.29, 1.82) is 0 Å². The first-order valence-corrected chi connectivity index (χ1v) is 26.8. The Bertz CT molecular complexity index is 1960. The minimum atomic E-state index is -2.67. The van der Waals surface area contributed by atoms with Crippen LogP contribution >= 0.6 is 0 Å². The van der Waals surface area contributed by atoms with E-state index in [-0.39, 0.29) is 52.5 Å². The van der Waals surface area contributed by atoms with Crippen LogP contribution in [-0.4, -0.2) is 65.9 Å². The Morgan fingerprint density at radius 2 is 0.889 bits per heavy atom. The van der Waals surface area contributed by atoms with Crippen molar-refractivity contribution >= 4 is 55.2 Å². The van der Waals surface area contributed by atoms with Gasteiger partial charge in [-0.05, 0) is 90.1 Å². The molecule has 2 saturated carbocycles. The minimum Gasteiger partial charge on any atom is -0.469 e. The third-order valence-corrected chi connectivity index (χ3v) is 22.7. The van der Waals surface area contributed by atoms with Crippen LogP contribution in [0.2, 0.25) is 10.1 Å². The van der Waals surface area contributed by atoms with E-state index in [1.165, 1.54) is 27.9 Å². The fraction of sp³-hybridized carbons (Fsp3) is 0.491. The van der Waals surface area contributed by atoms with Gasteiger partial charge in [-0.25, -0.2) is 0 Å². The van der Waals surface area contributed by atoms with Gasteiger partial charge in [0.2, 0.25) is 5.91 Å². The Hall–Kier alpha value is -4.36. The predicted molar refractivity (Wildman–Crippen MR) is 260 cm³/mol. The molecule has 4 aromatic rings. The fourth-order valence-electron chi connectivity index (χ4n) is 9.69. The molecule has 0 radical (unpaired) electrons. The average Bonchev–Trinajstić information content (AvgIpc) is 3.26. The molecule has 4 unspecified atom stereocenters. The molecule has 4 aromatic carbocycles. The summed E-state index contributed by atoms with van der Waals surface area (Å²) in [6.45, 7) is 19.0. The molecule has 2 fully saturated rings. The van der Waals surface area contributed by atoms with Crippen LogP contribution in [0.5, 0.6) is 0 Å². The molecular weight excluding hydrogens is 819 g/mol. The number of methoxy groups -OCH3 is 1. The smallest absolute Gasteiger partial charge is 0.325 e. The van der Waals surface area contributed by atoms with Crippen molar-refractivity contribution < 1.29 is 32.7 Å². The first-order chi connectivity index (χ1) is 29.8. The Balaban J connectivity index is 0.000000243. The molecule has 63 heavy (non-hydrogen) atoms. The quantitative estimate of drug-likeness (QED) is 0.112. The van der Waals surface area contributed by atoms with Crippen molar-refractivity contribution in [1.82, 2.24) is 5.32 Å². The highest BCUT2D eigenvalue weighted by Crippen LogP contribution is 2.41. The normalized spacial score (nSPS) is 19.8. The molecule has 0 heterocycles. The number of carbonyl (C=O) groups is 3. The summed E-state index contributed by atoms with van der Waals surface area (Å²) < 4.78 is 24.8. The Labute approximate surface area is 380 Å². The second kappa shape index (κ2) is 21.5. The molecule has 6 rings (SSSR count). The van der Waals surface area contributed by atoms with Gasteiger partial charge in [0, 0.05) is 18.1 Å². The van der Waals surface area contributed by atoms with E-state index < -0.39 is 28.2 Å². The number of benzene rings is 4. The van der Waals surface area contributed by atoms with Gasteiger partial charge in [-0.2, -0.15) is 0 Å². The van der Waals surface area contributed by atoms with Gasteiger partial charge in [0.1, 0.15) is 12.1 Å². The van der Waals surface area contributed by atoms with Gasteiger partial charge >= 0.3 is 11.9 Å².